The number of thiocarbonyl (C=S) groups is 1. The van der Waals surface area contributed by atoms with Crippen LogP contribution in [0, 0.1) is 5.92 Å². The number of carbonyl (C=O) groups excluding carboxylic acids is 1. The van der Waals surface area contributed by atoms with Gasteiger partial charge in [-0.3, -0.25) is 4.79 Å². The Bertz CT molecular complexity index is 971. The van der Waals surface area contributed by atoms with Crippen molar-refractivity contribution in [2.24, 2.45) is 5.92 Å². The lowest BCUT2D eigenvalue weighted by Gasteiger charge is -2.43. The van der Waals surface area contributed by atoms with E-state index in [9.17, 15) is 9.59 Å². The summed E-state index contributed by atoms with van der Waals surface area (Å²) >= 11 is 5.65. The van der Waals surface area contributed by atoms with Crippen LogP contribution in [0.1, 0.15) is 35.3 Å². The monoisotopic (exact) mass is 397 g/mol. The minimum Gasteiger partial charge on any atom is -0.462 e. The van der Waals surface area contributed by atoms with Crippen molar-refractivity contribution in [1.29, 1.82) is 0 Å². The third kappa shape index (κ3) is 3.67. The number of hydrogen-bond donors (Lipinski definition) is 1. The number of pyridine rings is 1. The second-order valence-electron chi connectivity index (χ2n) is 7.33. The fraction of sp³-hybridized carbons (Fsp3) is 0.381. The molecule has 0 radical (unpaired) electrons. The molecule has 2 aromatic rings. The lowest BCUT2D eigenvalue weighted by molar-refractivity contribution is 0.0526. The molecule has 2 aliphatic rings. The van der Waals surface area contributed by atoms with Crippen LogP contribution < -0.4 is 10.9 Å². The highest BCUT2D eigenvalue weighted by molar-refractivity contribution is 7.80. The highest BCUT2D eigenvalue weighted by Crippen LogP contribution is 2.35. The number of rotatable bonds is 3. The fourth-order valence-corrected chi connectivity index (χ4v) is 4.47. The predicted octanol–water partition coefficient (Wildman–Crippen LogP) is 2.84. The maximum absolute atomic E-state index is 12.2. The van der Waals surface area contributed by atoms with Gasteiger partial charge in [0.2, 0.25) is 0 Å². The van der Waals surface area contributed by atoms with Crippen molar-refractivity contribution < 1.29 is 9.53 Å². The molecule has 1 aromatic carbocycles. The minimum atomic E-state index is -0.341. The molecule has 1 aromatic heterocycles. The SMILES string of the molecule is CCOC(=O)c1cccc(NC(=S)N2CC3C[C@@H](C2)c2cccc(=O)n2C3)c1. The van der Waals surface area contributed by atoms with Crippen LogP contribution in [-0.4, -0.2) is 40.2 Å². The van der Waals surface area contributed by atoms with Gasteiger partial charge in [0, 0.05) is 43.0 Å². The molecule has 0 saturated carbocycles. The summed E-state index contributed by atoms with van der Waals surface area (Å²) in [6, 6.07) is 12.7. The molecule has 0 aliphatic carbocycles. The molecule has 7 heteroatoms. The first-order valence-corrected chi connectivity index (χ1v) is 9.99. The molecule has 1 unspecified atom stereocenters. The van der Waals surface area contributed by atoms with Crippen LogP contribution in [0.4, 0.5) is 5.69 Å². The molecule has 1 N–H and O–H groups in total. The Kier molecular flexibility index (Phi) is 5.17. The van der Waals surface area contributed by atoms with E-state index in [2.05, 4.69) is 10.2 Å². The molecule has 1 saturated heterocycles. The number of carbonyl (C=O) groups is 1. The Balaban J connectivity index is 1.48. The Morgan fingerprint density at radius 3 is 2.86 bits per heavy atom. The topological polar surface area (TPSA) is 63.6 Å². The van der Waals surface area contributed by atoms with E-state index in [-0.39, 0.29) is 11.5 Å². The number of esters is 1. The quantitative estimate of drug-likeness (QED) is 0.635. The molecule has 3 heterocycles. The van der Waals surface area contributed by atoms with Crippen LogP contribution in [0.25, 0.3) is 0 Å². The summed E-state index contributed by atoms with van der Waals surface area (Å²) in [7, 11) is 0. The molecule has 6 nitrogen and oxygen atoms in total. The van der Waals surface area contributed by atoms with Gasteiger partial charge < -0.3 is 19.5 Å². The van der Waals surface area contributed by atoms with Crippen LogP contribution in [-0.2, 0) is 11.3 Å². The molecule has 146 valence electrons. The van der Waals surface area contributed by atoms with E-state index < -0.39 is 0 Å². The number of likely N-dealkylation sites (tertiary alicyclic amines) is 1. The van der Waals surface area contributed by atoms with Gasteiger partial charge in [-0.25, -0.2) is 4.79 Å². The van der Waals surface area contributed by atoms with E-state index >= 15 is 0 Å². The van der Waals surface area contributed by atoms with Crippen molar-refractivity contribution in [3.63, 3.8) is 0 Å². The number of fused-ring (bicyclic) bond motifs is 4. The Morgan fingerprint density at radius 1 is 1.21 bits per heavy atom. The number of nitrogens with one attached hydrogen (secondary N) is 1. The Hall–Kier alpha value is -2.67. The second-order valence-corrected chi connectivity index (χ2v) is 7.72. The average Bonchev–Trinajstić information content (AvgIpc) is 2.69. The van der Waals surface area contributed by atoms with Gasteiger partial charge in [0.1, 0.15) is 0 Å². The summed E-state index contributed by atoms with van der Waals surface area (Å²) in [6.07, 6.45) is 1.08. The van der Waals surface area contributed by atoms with Gasteiger partial charge in [-0.1, -0.05) is 12.1 Å². The Morgan fingerprint density at radius 2 is 2.04 bits per heavy atom. The third-order valence-corrected chi connectivity index (χ3v) is 5.75. The second kappa shape index (κ2) is 7.75. The van der Waals surface area contributed by atoms with Crippen molar-refractivity contribution in [1.82, 2.24) is 9.47 Å². The van der Waals surface area contributed by atoms with Gasteiger partial charge in [0.15, 0.2) is 5.11 Å². The molecular formula is C21H23N3O3S. The molecule has 0 amide bonds. The zero-order chi connectivity index (χ0) is 19.7. The fourth-order valence-electron chi connectivity index (χ4n) is 4.20. The highest BCUT2D eigenvalue weighted by Gasteiger charge is 2.35. The third-order valence-electron chi connectivity index (χ3n) is 5.39. The van der Waals surface area contributed by atoms with Gasteiger partial charge >= 0.3 is 5.97 Å². The molecule has 28 heavy (non-hydrogen) atoms. The number of anilines is 1. The van der Waals surface area contributed by atoms with Gasteiger partial charge in [-0.2, -0.15) is 0 Å². The maximum atomic E-state index is 12.2. The van der Waals surface area contributed by atoms with Crippen LogP contribution >= 0.6 is 12.2 Å². The van der Waals surface area contributed by atoms with E-state index in [0.717, 1.165) is 37.4 Å². The lowest BCUT2D eigenvalue weighted by Crippen LogP contribution is -2.50. The van der Waals surface area contributed by atoms with Crippen molar-refractivity contribution in [3.8, 4) is 0 Å². The van der Waals surface area contributed by atoms with Gasteiger partial charge in [-0.15, -0.1) is 0 Å². The standard InChI is InChI=1S/C21H23N3O3S/c1-2-27-20(26)15-5-3-6-17(10-15)22-21(28)23-11-14-9-16(13-23)18-7-4-8-19(25)24(18)12-14/h3-8,10,14,16H,2,9,11-13H2,1H3,(H,22,28)/t14?,16-/m0/s1. The number of aromatic nitrogens is 1. The summed E-state index contributed by atoms with van der Waals surface area (Å²) in [4.78, 5) is 26.3. The van der Waals surface area contributed by atoms with Gasteiger partial charge in [0.05, 0.1) is 12.2 Å². The first kappa shape index (κ1) is 18.7. The van der Waals surface area contributed by atoms with Gasteiger partial charge in [0.25, 0.3) is 5.56 Å². The first-order chi connectivity index (χ1) is 13.5. The van der Waals surface area contributed by atoms with Crippen molar-refractivity contribution in [2.75, 3.05) is 25.0 Å². The molecule has 2 aliphatic heterocycles. The van der Waals surface area contributed by atoms with Crippen molar-refractivity contribution >= 4 is 29.0 Å². The van der Waals surface area contributed by atoms with E-state index in [4.69, 9.17) is 17.0 Å². The van der Waals surface area contributed by atoms with E-state index in [1.807, 2.05) is 28.8 Å². The summed E-state index contributed by atoms with van der Waals surface area (Å²) in [5, 5.41) is 3.90. The Labute approximate surface area is 169 Å². The van der Waals surface area contributed by atoms with Crippen LogP contribution in [0.5, 0.6) is 0 Å². The smallest absolute Gasteiger partial charge is 0.338 e. The average molecular weight is 398 g/mol. The normalized spacial score (nSPS) is 20.2. The van der Waals surface area contributed by atoms with Crippen molar-refractivity contribution in [3.05, 3.63) is 64.1 Å². The van der Waals surface area contributed by atoms with E-state index in [1.165, 1.54) is 0 Å². The first-order valence-electron chi connectivity index (χ1n) is 9.58. The van der Waals surface area contributed by atoms with E-state index in [1.54, 1.807) is 25.1 Å². The highest BCUT2D eigenvalue weighted by atomic mass is 32.1. The number of hydrogen-bond acceptors (Lipinski definition) is 4. The van der Waals surface area contributed by atoms with Crippen LogP contribution in [0.15, 0.2) is 47.3 Å². The molecule has 4 rings (SSSR count). The molecule has 1 fully saturated rings. The summed E-state index contributed by atoms with van der Waals surface area (Å²) in [5.74, 6) is 0.357. The van der Waals surface area contributed by atoms with Crippen LogP contribution in [0.3, 0.4) is 0 Å². The predicted molar refractivity (Wildman–Crippen MR) is 112 cm³/mol. The molecule has 0 spiro atoms. The van der Waals surface area contributed by atoms with Crippen molar-refractivity contribution in [2.45, 2.75) is 25.8 Å². The minimum absolute atomic E-state index is 0.0807. The number of piperidine rings is 1. The summed E-state index contributed by atoms with van der Waals surface area (Å²) in [6.45, 7) is 4.47. The summed E-state index contributed by atoms with van der Waals surface area (Å²) < 4.78 is 6.97. The van der Waals surface area contributed by atoms with E-state index in [0.29, 0.717) is 29.1 Å². The number of nitrogens with zero attached hydrogens (tertiary/aromatic N) is 2. The van der Waals surface area contributed by atoms with Crippen LogP contribution in [0.2, 0.25) is 0 Å². The molecular weight excluding hydrogens is 374 g/mol. The summed E-state index contributed by atoms with van der Waals surface area (Å²) in [5.41, 5.74) is 2.44. The zero-order valence-corrected chi connectivity index (χ0v) is 16.6. The van der Waals surface area contributed by atoms with Gasteiger partial charge in [-0.05, 0) is 55.7 Å². The molecule has 2 bridgehead atoms. The maximum Gasteiger partial charge on any atom is 0.338 e. The number of benzene rings is 1. The lowest BCUT2D eigenvalue weighted by atomic mass is 9.83. The number of ether oxygens (including phenoxy) is 1. The zero-order valence-electron chi connectivity index (χ0n) is 15.8. The molecule has 2 atom stereocenters. The largest absolute Gasteiger partial charge is 0.462 e.